The Morgan fingerprint density at radius 2 is 1.29 bits per heavy atom. The maximum atomic E-state index is 14.1. The number of aliphatic hydroxyl groups is 2. The molecule has 0 saturated carbocycles. The first kappa shape index (κ1) is 35.6. The summed E-state index contributed by atoms with van der Waals surface area (Å²) < 4.78 is 40.7. The number of sulfone groups is 1. The van der Waals surface area contributed by atoms with Crippen molar-refractivity contribution in [3.05, 3.63) is 66.2 Å². The van der Waals surface area contributed by atoms with Crippen molar-refractivity contribution < 1.29 is 27.8 Å². The van der Waals surface area contributed by atoms with Gasteiger partial charge in [-0.25, -0.2) is 8.42 Å². The normalized spacial score (nSPS) is 16.6. The molecule has 8 heteroatoms. The average Bonchev–Trinajstić information content (AvgIpc) is 2.92. The molecule has 0 aliphatic carbocycles. The van der Waals surface area contributed by atoms with Crippen molar-refractivity contribution in [2.45, 2.75) is 101 Å². The van der Waals surface area contributed by atoms with E-state index in [4.69, 9.17) is 9.16 Å². The standard InChI is InChI=1S/C33H54O6SSi/c1-24(2)41(25(3)4,26(5)6)39-21-27(7)19-28(8)33(40(36,37)30-17-13-10-14-18-30)31(20-34)32(35)23-38-22-29-15-11-9-12-16-29/h9-18,24-28,31-35H,19-23H2,1-8H3/t27-,28+,31+,32-,33?/m0/s1. The highest BCUT2D eigenvalue weighted by Crippen LogP contribution is 2.43. The summed E-state index contributed by atoms with van der Waals surface area (Å²) in [5.74, 6) is -1.14. The Bertz CT molecular complexity index is 1090. The lowest BCUT2D eigenvalue weighted by molar-refractivity contribution is -0.0218. The Labute approximate surface area is 250 Å². The van der Waals surface area contributed by atoms with Crippen LogP contribution in [-0.2, 0) is 25.6 Å². The highest BCUT2D eigenvalue weighted by atomic mass is 32.2. The lowest BCUT2D eigenvalue weighted by atomic mass is 9.86. The van der Waals surface area contributed by atoms with Gasteiger partial charge in [0.15, 0.2) is 18.2 Å². The van der Waals surface area contributed by atoms with Crippen LogP contribution in [0, 0.1) is 17.8 Å². The van der Waals surface area contributed by atoms with Crippen LogP contribution in [0.4, 0.5) is 0 Å². The third-order valence-corrected chi connectivity index (χ3v) is 17.2. The molecule has 232 valence electrons. The first-order valence-corrected chi connectivity index (χ1v) is 18.8. The summed E-state index contributed by atoms with van der Waals surface area (Å²) in [6.07, 6.45) is -0.562. The van der Waals surface area contributed by atoms with E-state index in [2.05, 4.69) is 48.5 Å². The summed E-state index contributed by atoms with van der Waals surface area (Å²) in [6, 6.07) is 18.0. The monoisotopic (exact) mass is 606 g/mol. The molecule has 0 saturated heterocycles. The highest BCUT2D eigenvalue weighted by molar-refractivity contribution is 7.92. The zero-order valence-corrected chi connectivity index (χ0v) is 28.2. The van der Waals surface area contributed by atoms with Gasteiger partial charge in [-0.1, -0.05) is 104 Å². The van der Waals surface area contributed by atoms with Gasteiger partial charge < -0.3 is 19.4 Å². The highest BCUT2D eigenvalue weighted by Gasteiger charge is 2.46. The topological polar surface area (TPSA) is 93.1 Å². The molecule has 1 unspecified atom stereocenters. The van der Waals surface area contributed by atoms with E-state index in [1.54, 1.807) is 30.3 Å². The molecule has 0 spiro atoms. The smallest absolute Gasteiger partial charge is 0.200 e. The van der Waals surface area contributed by atoms with Gasteiger partial charge in [-0.2, -0.15) is 0 Å². The van der Waals surface area contributed by atoms with E-state index in [1.807, 2.05) is 37.3 Å². The van der Waals surface area contributed by atoms with Crippen LogP contribution in [0.15, 0.2) is 65.6 Å². The Kier molecular flexibility index (Phi) is 14.2. The van der Waals surface area contributed by atoms with E-state index in [1.165, 1.54) is 0 Å². The number of hydrogen-bond donors (Lipinski definition) is 2. The zero-order chi connectivity index (χ0) is 30.8. The Morgan fingerprint density at radius 1 is 0.780 bits per heavy atom. The van der Waals surface area contributed by atoms with Gasteiger partial charge in [0.2, 0.25) is 0 Å². The number of hydrogen-bond acceptors (Lipinski definition) is 6. The molecular formula is C33H54O6SSi. The summed E-state index contributed by atoms with van der Waals surface area (Å²) in [5, 5.41) is 20.7. The predicted molar refractivity (Wildman–Crippen MR) is 170 cm³/mol. The molecule has 0 aliphatic heterocycles. The third kappa shape index (κ3) is 9.21. The molecule has 6 nitrogen and oxygen atoms in total. The molecule has 0 heterocycles. The number of ether oxygens (including phenoxy) is 1. The minimum Gasteiger partial charge on any atom is -0.416 e. The first-order valence-electron chi connectivity index (χ1n) is 15.1. The van der Waals surface area contributed by atoms with Crippen LogP contribution < -0.4 is 0 Å². The number of aliphatic hydroxyl groups excluding tert-OH is 2. The molecule has 2 aromatic rings. The lowest BCUT2D eigenvalue weighted by Gasteiger charge is -2.43. The number of rotatable bonds is 18. The van der Waals surface area contributed by atoms with Crippen LogP contribution in [0.3, 0.4) is 0 Å². The molecule has 0 fully saturated rings. The van der Waals surface area contributed by atoms with E-state index >= 15 is 0 Å². The quantitative estimate of drug-likeness (QED) is 0.180. The van der Waals surface area contributed by atoms with Crippen molar-refractivity contribution in [3.8, 4) is 0 Å². The summed E-state index contributed by atoms with van der Waals surface area (Å²) in [4.78, 5) is 0.197. The van der Waals surface area contributed by atoms with Crippen LogP contribution in [0.1, 0.15) is 67.4 Å². The number of benzene rings is 2. The van der Waals surface area contributed by atoms with Crippen LogP contribution in [0.25, 0.3) is 0 Å². The minimum absolute atomic E-state index is 0.0718. The Morgan fingerprint density at radius 3 is 1.78 bits per heavy atom. The maximum Gasteiger partial charge on any atom is 0.200 e. The summed E-state index contributed by atoms with van der Waals surface area (Å²) >= 11 is 0. The van der Waals surface area contributed by atoms with Crippen molar-refractivity contribution in [2.24, 2.45) is 17.8 Å². The Balaban J connectivity index is 2.28. The third-order valence-electron chi connectivity index (χ3n) is 8.62. The van der Waals surface area contributed by atoms with E-state index in [-0.39, 0.29) is 23.3 Å². The summed E-state index contributed by atoms with van der Waals surface area (Å²) in [7, 11) is -5.93. The van der Waals surface area contributed by atoms with Gasteiger partial charge >= 0.3 is 0 Å². The largest absolute Gasteiger partial charge is 0.416 e. The fourth-order valence-corrected chi connectivity index (χ4v) is 14.7. The van der Waals surface area contributed by atoms with Gasteiger partial charge in [0.1, 0.15) is 0 Å². The predicted octanol–water partition coefficient (Wildman–Crippen LogP) is 6.87. The van der Waals surface area contributed by atoms with Crippen LogP contribution in [-0.4, -0.2) is 58.1 Å². The average molecular weight is 607 g/mol. The molecule has 0 bridgehead atoms. The van der Waals surface area contributed by atoms with Gasteiger partial charge in [0.05, 0.1) is 29.5 Å². The van der Waals surface area contributed by atoms with E-state index in [0.29, 0.717) is 36.3 Å². The van der Waals surface area contributed by atoms with Crippen LogP contribution in [0.2, 0.25) is 16.6 Å². The fourth-order valence-electron chi connectivity index (χ4n) is 6.79. The second-order valence-corrected chi connectivity index (χ2v) is 20.2. The molecular weight excluding hydrogens is 553 g/mol. The molecule has 2 aromatic carbocycles. The molecule has 0 aliphatic rings. The lowest BCUT2D eigenvalue weighted by Crippen LogP contribution is -2.49. The zero-order valence-electron chi connectivity index (χ0n) is 26.4. The van der Waals surface area contributed by atoms with Gasteiger partial charge in [0, 0.05) is 19.1 Å². The first-order chi connectivity index (χ1) is 19.3. The minimum atomic E-state index is -3.87. The van der Waals surface area contributed by atoms with Gasteiger partial charge in [-0.3, -0.25) is 0 Å². The summed E-state index contributed by atoms with van der Waals surface area (Å²) in [6.45, 7) is 17.9. The Hall–Kier alpha value is -1.55. The fraction of sp³-hybridized carbons (Fsp3) is 0.636. The van der Waals surface area contributed by atoms with Crippen molar-refractivity contribution in [1.29, 1.82) is 0 Å². The van der Waals surface area contributed by atoms with Crippen LogP contribution >= 0.6 is 0 Å². The SMILES string of the molecule is CC(C)[Si](OC[C@@H](C)C[C@@H](C)C([C@H](CO)[C@@H](O)COCc1ccccc1)S(=O)(=O)c1ccccc1)(C(C)C)C(C)C. The van der Waals surface area contributed by atoms with Gasteiger partial charge in [-0.15, -0.1) is 0 Å². The van der Waals surface area contributed by atoms with Crippen molar-refractivity contribution in [1.82, 2.24) is 0 Å². The van der Waals surface area contributed by atoms with Crippen molar-refractivity contribution in [2.75, 3.05) is 19.8 Å². The molecule has 2 N–H and O–H groups in total. The second kappa shape index (κ2) is 16.3. The van der Waals surface area contributed by atoms with E-state index in [0.717, 1.165) is 5.56 Å². The molecule has 2 rings (SSSR count). The molecule has 41 heavy (non-hydrogen) atoms. The van der Waals surface area contributed by atoms with Gasteiger partial charge in [-0.05, 0) is 52.6 Å². The van der Waals surface area contributed by atoms with Crippen molar-refractivity contribution >= 4 is 18.2 Å². The van der Waals surface area contributed by atoms with E-state index in [9.17, 15) is 18.6 Å². The molecule has 0 amide bonds. The van der Waals surface area contributed by atoms with Crippen molar-refractivity contribution in [3.63, 3.8) is 0 Å². The van der Waals surface area contributed by atoms with Gasteiger partial charge in [0.25, 0.3) is 0 Å². The second-order valence-electron chi connectivity index (χ2n) is 12.7. The van der Waals surface area contributed by atoms with E-state index < -0.39 is 42.0 Å². The molecule has 5 atom stereocenters. The molecule has 0 radical (unpaired) electrons. The summed E-state index contributed by atoms with van der Waals surface area (Å²) in [5.41, 5.74) is 2.34. The molecule has 0 aromatic heterocycles. The maximum absolute atomic E-state index is 14.1. The van der Waals surface area contributed by atoms with Crippen LogP contribution in [0.5, 0.6) is 0 Å².